The van der Waals surface area contributed by atoms with Gasteiger partial charge in [-0.3, -0.25) is 0 Å². The molecule has 6 nitrogen and oxygen atoms in total. The third kappa shape index (κ3) is 2.71. The summed E-state index contributed by atoms with van der Waals surface area (Å²) in [5.41, 5.74) is 0.0326. The van der Waals surface area contributed by atoms with Crippen LogP contribution in [0.25, 0.3) is 0 Å². The lowest BCUT2D eigenvalue weighted by atomic mass is 10.1. The smallest absolute Gasteiger partial charge is 0.354 e. The highest BCUT2D eigenvalue weighted by Gasteiger charge is 2.24. The van der Waals surface area contributed by atoms with Crippen molar-refractivity contribution >= 4 is 11.9 Å². The molecule has 1 aliphatic heterocycles. The quantitative estimate of drug-likeness (QED) is 0.828. The van der Waals surface area contributed by atoms with Crippen LogP contribution in [0, 0.1) is 5.92 Å². The first-order chi connectivity index (χ1) is 8.20. The Morgan fingerprint density at radius 2 is 2.53 bits per heavy atom. The highest BCUT2D eigenvalue weighted by molar-refractivity contribution is 5.85. The second-order valence-corrected chi connectivity index (χ2v) is 4.10. The number of methoxy groups -OCH3 is 1. The van der Waals surface area contributed by atoms with Crippen LogP contribution >= 0.6 is 0 Å². The van der Waals surface area contributed by atoms with Crippen LogP contribution in [0.4, 0.5) is 5.95 Å². The number of rotatable bonds is 4. The zero-order valence-electron chi connectivity index (χ0n) is 9.67. The average Bonchev–Trinajstić information content (AvgIpc) is 2.78. The summed E-state index contributed by atoms with van der Waals surface area (Å²) in [4.78, 5) is 20.9. The molecule has 0 spiro atoms. The number of hydrogen-bond donors (Lipinski definition) is 1. The molecule has 1 unspecified atom stereocenters. The summed E-state index contributed by atoms with van der Waals surface area (Å²) >= 11 is 0. The first-order valence-electron chi connectivity index (χ1n) is 5.51. The number of hydrogen-bond acceptors (Lipinski definition) is 5. The molecule has 1 N–H and O–H groups in total. The van der Waals surface area contributed by atoms with Crippen molar-refractivity contribution in [3.63, 3.8) is 0 Å². The number of aromatic nitrogens is 2. The maximum absolute atomic E-state index is 10.8. The van der Waals surface area contributed by atoms with Crippen molar-refractivity contribution in [2.24, 2.45) is 5.92 Å². The van der Waals surface area contributed by atoms with E-state index in [9.17, 15) is 4.79 Å². The number of aromatic carboxylic acids is 1. The Kier molecular flexibility index (Phi) is 3.53. The molecule has 0 aromatic carbocycles. The van der Waals surface area contributed by atoms with Gasteiger partial charge in [0.15, 0.2) is 5.69 Å². The Balaban J connectivity index is 2.08. The number of carbonyl (C=O) groups is 1. The van der Waals surface area contributed by atoms with E-state index in [4.69, 9.17) is 9.84 Å². The average molecular weight is 237 g/mol. The molecule has 6 heteroatoms. The van der Waals surface area contributed by atoms with Gasteiger partial charge in [0.05, 0.1) is 6.61 Å². The number of ether oxygens (including phenoxy) is 1. The lowest BCUT2D eigenvalue weighted by Gasteiger charge is -2.16. The fraction of sp³-hybridized carbons (Fsp3) is 0.545. The van der Waals surface area contributed by atoms with E-state index in [1.54, 1.807) is 7.11 Å². The van der Waals surface area contributed by atoms with Crippen LogP contribution in [0.5, 0.6) is 0 Å². The first kappa shape index (κ1) is 11.8. The summed E-state index contributed by atoms with van der Waals surface area (Å²) < 4.78 is 5.11. The minimum atomic E-state index is -1.03. The predicted molar refractivity (Wildman–Crippen MR) is 61.2 cm³/mol. The van der Waals surface area contributed by atoms with Crippen molar-refractivity contribution < 1.29 is 14.6 Å². The van der Waals surface area contributed by atoms with Crippen molar-refractivity contribution in [3.8, 4) is 0 Å². The van der Waals surface area contributed by atoms with Crippen LogP contribution in [-0.4, -0.2) is 47.8 Å². The molecule has 1 aromatic rings. The fourth-order valence-corrected chi connectivity index (χ4v) is 2.01. The molecular formula is C11H15N3O3. The molecule has 1 aromatic heterocycles. The minimum absolute atomic E-state index is 0.0326. The Morgan fingerprint density at radius 3 is 3.24 bits per heavy atom. The van der Waals surface area contributed by atoms with E-state index in [2.05, 4.69) is 9.97 Å². The number of carboxylic acid groups (broad SMARTS) is 1. The van der Waals surface area contributed by atoms with Gasteiger partial charge in [0.2, 0.25) is 5.95 Å². The molecular weight excluding hydrogens is 222 g/mol. The molecule has 0 aliphatic carbocycles. The maximum atomic E-state index is 10.8. The van der Waals surface area contributed by atoms with Gasteiger partial charge in [0, 0.05) is 32.3 Å². The zero-order chi connectivity index (χ0) is 12.3. The van der Waals surface area contributed by atoms with Gasteiger partial charge in [0.1, 0.15) is 0 Å². The van der Waals surface area contributed by atoms with Gasteiger partial charge in [-0.15, -0.1) is 0 Å². The molecule has 1 fully saturated rings. The highest BCUT2D eigenvalue weighted by Crippen LogP contribution is 2.20. The minimum Gasteiger partial charge on any atom is -0.477 e. The molecule has 1 aliphatic rings. The van der Waals surface area contributed by atoms with Gasteiger partial charge < -0.3 is 14.7 Å². The SMILES string of the molecule is COCC1CCN(c2nccc(C(=O)O)n2)C1. The molecule has 0 amide bonds. The second kappa shape index (κ2) is 5.09. The van der Waals surface area contributed by atoms with Crippen molar-refractivity contribution in [1.29, 1.82) is 0 Å². The summed E-state index contributed by atoms with van der Waals surface area (Å²) in [6.45, 7) is 2.38. The Hall–Kier alpha value is -1.69. The van der Waals surface area contributed by atoms with E-state index in [0.29, 0.717) is 11.9 Å². The Bertz CT molecular complexity index is 411. The molecule has 0 radical (unpaired) electrons. The van der Waals surface area contributed by atoms with Crippen molar-refractivity contribution in [1.82, 2.24) is 9.97 Å². The third-order valence-corrected chi connectivity index (χ3v) is 2.83. The summed E-state index contributed by atoms with van der Waals surface area (Å²) in [5.74, 6) is -0.0677. The molecule has 2 rings (SSSR count). The predicted octanol–water partition coefficient (Wildman–Crippen LogP) is 0.647. The van der Waals surface area contributed by atoms with Gasteiger partial charge >= 0.3 is 5.97 Å². The van der Waals surface area contributed by atoms with E-state index in [1.165, 1.54) is 12.3 Å². The van der Waals surface area contributed by atoms with Crippen molar-refractivity contribution in [2.75, 3.05) is 31.7 Å². The topological polar surface area (TPSA) is 75.5 Å². The number of carboxylic acids is 1. The molecule has 2 heterocycles. The Labute approximate surface area is 99.2 Å². The summed E-state index contributed by atoms with van der Waals surface area (Å²) in [6, 6.07) is 1.40. The van der Waals surface area contributed by atoms with Crippen LogP contribution in [-0.2, 0) is 4.74 Å². The van der Waals surface area contributed by atoms with Crippen LogP contribution < -0.4 is 4.90 Å². The summed E-state index contributed by atoms with van der Waals surface area (Å²) in [5, 5.41) is 8.86. The second-order valence-electron chi connectivity index (χ2n) is 4.10. The maximum Gasteiger partial charge on any atom is 0.354 e. The van der Waals surface area contributed by atoms with Crippen molar-refractivity contribution in [2.45, 2.75) is 6.42 Å². The molecule has 0 bridgehead atoms. The van der Waals surface area contributed by atoms with Gasteiger partial charge in [-0.2, -0.15) is 0 Å². The summed E-state index contributed by atoms with van der Waals surface area (Å²) in [6.07, 6.45) is 2.50. The van der Waals surface area contributed by atoms with Crippen LogP contribution in [0.1, 0.15) is 16.9 Å². The third-order valence-electron chi connectivity index (χ3n) is 2.83. The largest absolute Gasteiger partial charge is 0.477 e. The van der Waals surface area contributed by atoms with Gasteiger partial charge in [0.25, 0.3) is 0 Å². The van der Waals surface area contributed by atoms with Gasteiger partial charge in [-0.1, -0.05) is 0 Å². The lowest BCUT2D eigenvalue weighted by molar-refractivity contribution is 0.0690. The van der Waals surface area contributed by atoms with Crippen LogP contribution in [0.2, 0.25) is 0 Å². The first-order valence-corrected chi connectivity index (χ1v) is 5.51. The van der Waals surface area contributed by atoms with Crippen molar-refractivity contribution in [3.05, 3.63) is 18.0 Å². The standard InChI is InChI=1S/C11H15N3O3/c1-17-7-8-3-5-14(6-8)11-12-4-2-9(13-11)10(15)16/h2,4,8H,3,5-7H2,1H3,(H,15,16). The van der Waals surface area contributed by atoms with Crippen LogP contribution in [0.3, 0.4) is 0 Å². The molecule has 17 heavy (non-hydrogen) atoms. The Morgan fingerprint density at radius 1 is 1.71 bits per heavy atom. The zero-order valence-corrected chi connectivity index (χ0v) is 9.67. The molecule has 1 atom stereocenters. The van der Waals surface area contributed by atoms with E-state index in [1.807, 2.05) is 4.90 Å². The van der Waals surface area contributed by atoms with Crippen LogP contribution in [0.15, 0.2) is 12.3 Å². The normalized spacial score (nSPS) is 19.6. The molecule has 92 valence electrons. The van der Waals surface area contributed by atoms with E-state index >= 15 is 0 Å². The lowest BCUT2D eigenvalue weighted by Crippen LogP contribution is -2.23. The van der Waals surface area contributed by atoms with Gasteiger partial charge in [-0.05, 0) is 12.5 Å². The summed E-state index contributed by atoms with van der Waals surface area (Å²) in [7, 11) is 1.68. The molecule has 1 saturated heterocycles. The fourth-order valence-electron chi connectivity index (χ4n) is 2.01. The highest BCUT2D eigenvalue weighted by atomic mass is 16.5. The number of anilines is 1. The molecule has 0 saturated carbocycles. The van der Waals surface area contributed by atoms with E-state index in [-0.39, 0.29) is 5.69 Å². The monoisotopic (exact) mass is 237 g/mol. The van der Waals surface area contributed by atoms with E-state index in [0.717, 1.165) is 26.1 Å². The van der Waals surface area contributed by atoms with E-state index < -0.39 is 5.97 Å². The number of nitrogens with zero attached hydrogens (tertiary/aromatic N) is 3. The van der Waals surface area contributed by atoms with Gasteiger partial charge in [-0.25, -0.2) is 14.8 Å².